The molecule has 1 N–H and O–H groups in total. The number of halogens is 1. The largest absolute Gasteiger partial charge is 0.379 e. The Bertz CT molecular complexity index is 280. The molecule has 0 aromatic carbocycles. The summed E-state index contributed by atoms with van der Waals surface area (Å²) in [5.41, 5.74) is 0. The lowest BCUT2D eigenvalue weighted by Gasteiger charge is -2.06. The summed E-state index contributed by atoms with van der Waals surface area (Å²) in [6, 6.07) is 0. The van der Waals surface area contributed by atoms with Gasteiger partial charge < -0.3 is 10.1 Å². The van der Waals surface area contributed by atoms with Crippen LogP contribution in [-0.4, -0.2) is 29.5 Å². The lowest BCUT2D eigenvalue weighted by molar-refractivity contribution is 0.0765. The fraction of sp³-hybridized carbons (Fsp3) is 0.778. The van der Waals surface area contributed by atoms with Crippen LogP contribution in [0.2, 0.25) is 0 Å². The molecule has 0 fully saturated rings. The van der Waals surface area contributed by atoms with Crippen LogP contribution in [-0.2, 0) is 4.74 Å². The summed E-state index contributed by atoms with van der Waals surface area (Å²) in [6.07, 6.45) is 2.49. The van der Waals surface area contributed by atoms with Crippen LogP contribution >= 0.6 is 27.3 Å². The van der Waals surface area contributed by atoms with Gasteiger partial charge in [-0.05, 0) is 42.6 Å². The highest BCUT2D eigenvalue weighted by Gasteiger charge is 1.99. The average Bonchev–Trinajstić information content (AvgIpc) is 2.57. The van der Waals surface area contributed by atoms with Gasteiger partial charge in [-0.1, -0.05) is 11.3 Å². The Morgan fingerprint density at radius 2 is 2.20 bits per heavy atom. The van der Waals surface area contributed by atoms with Gasteiger partial charge >= 0.3 is 0 Å². The van der Waals surface area contributed by atoms with Gasteiger partial charge in [-0.2, -0.15) is 0 Å². The molecule has 4 nitrogen and oxygen atoms in total. The summed E-state index contributed by atoms with van der Waals surface area (Å²) in [6.45, 7) is 5.86. The van der Waals surface area contributed by atoms with Crippen molar-refractivity contribution in [2.24, 2.45) is 0 Å². The molecule has 0 saturated heterocycles. The van der Waals surface area contributed by atoms with Gasteiger partial charge in [-0.3, -0.25) is 0 Å². The molecule has 1 rings (SSSR count). The van der Waals surface area contributed by atoms with Crippen molar-refractivity contribution in [3.63, 3.8) is 0 Å². The molecule has 0 aliphatic heterocycles. The first kappa shape index (κ1) is 12.9. The Balaban J connectivity index is 1.98. The minimum atomic E-state index is 0.331. The Morgan fingerprint density at radius 3 is 2.80 bits per heavy atom. The molecule has 0 saturated carbocycles. The van der Waals surface area contributed by atoms with E-state index >= 15 is 0 Å². The van der Waals surface area contributed by atoms with Crippen molar-refractivity contribution < 1.29 is 4.74 Å². The predicted octanol–water partition coefficient (Wildman–Crippen LogP) is 2.92. The van der Waals surface area contributed by atoms with Gasteiger partial charge in [0.1, 0.15) is 0 Å². The standard InChI is InChI=1S/C9H16BrN3OS/c1-7(2)14-6-4-3-5-11-9-13-12-8(10)15-9/h7H,3-6H2,1-2H3,(H,11,13). The molecule has 0 atom stereocenters. The molecule has 1 aromatic rings. The topological polar surface area (TPSA) is 47.0 Å². The first-order valence-corrected chi connectivity index (χ1v) is 6.64. The molecule has 0 aliphatic carbocycles. The van der Waals surface area contributed by atoms with Crippen LogP contribution in [0.25, 0.3) is 0 Å². The van der Waals surface area contributed by atoms with Crippen LogP contribution in [0.1, 0.15) is 26.7 Å². The van der Waals surface area contributed by atoms with E-state index in [2.05, 4.69) is 45.3 Å². The van der Waals surface area contributed by atoms with E-state index in [9.17, 15) is 0 Å². The monoisotopic (exact) mass is 293 g/mol. The number of aromatic nitrogens is 2. The predicted molar refractivity (Wildman–Crippen MR) is 66.4 cm³/mol. The average molecular weight is 294 g/mol. The first-order chi connectivity index (χ1) is 7.18. The maximum Gasteiger partial charge on any atom is 0.206 e. The molecule has 15 heavy (non-hydrogen) atoms. The molecule has 1 heterocycles. The molecular formula is C9H16BrN3OS. The third kappa shape index (κ3) is 6.06. The molecule has 0 spiro atoms. The number of hydrogen-bond acceptors (Lipinski definition) is 5. The van der Waals surface area contributed by atoms with Gasteiger partial charge in [0.05, 0.1) is 6.10 Å². The minimum Gasteiger partial charge on any atom is -0.379 e. The third-order valence-electron chi connectivity index (χ3n) is 1.70. The van der Waals surface area contributed by atoms with Crippen molar-refractivity contribution in [1.29, 1.82) is 0 Å². The molecule has 0 unspecified atom stereocenters. The van der Waals surface area contributed by atoms with E-state index in [-0.39, 0.29) is 0 Å². The highest BCUT2D eigenvalue weighted by atomic mass is 79.9. The highest BCUT2D eigenvalue weighted by molar-refractivity contribution is 9.11. The van der Waals surface area contributed by atoms with Crippen LogP contribution in [0.3, 0.4) is 0 Å². The van der Waals surface area contributed by atoms with Crippen LogP contribution in [0, 0.1) is 0 Å². The number of nitrogens with one attached hydrogen (secondary N) is 1. The summed E-state index contributed by atoms with van der Waals surface area (Å²) >= 11 is 4.78. The van der Waals surface area contributed by atoms with Crippen LogP contribution < -0.4 is 5.32 Å². The highest BCUT2D eigenvalue weighted by Crippen LogP contribution is 2.19. The van der Waals surface area contributed by atoms with E-state index in [1.54, 1.807) is 0 Å². The summed E-state index contributed by atoms with van der Waals surface area (Å²) in [7, 11) is 0. The quantitative estimate of drug-likeness (QED) is 0.785. The van der Waals surface area contributed by atoms with E-state index in [1.807, 2.05) is 0 Å². The van der Waals surface area contributed by atoms with E-state index < -0.39 is 0 Å². The van der Waals surface area contributed by atoms with Crippen molar-refractivity contribution >= 4 is 32.4 Å². The Hall–Kier alpha value is -0.200. The van der Waals surface area contributed by atoms with Crippen LogP contribution in [0.15, 0.2) is 3.92 Å². The van der Waals surface area contributed by atoms with Gasteiger partial charge in [-0.15, -0.1) is 10.2 Å². The van der Waals surface area contributed by atoms with Crippen molar-refractivity contribution in [3.05, 3.63) is 3.92 Å². The minimum absolute atomic E-state index is 0.331. The number of unbranched alkanes of at least 4 members (excludes halogenated alkanes) is 1. The lowest BCUT2D eigenvalue weighted by atomic mass is 10.3. The van der Waals surface area contributed by atoms with Gasteiger partial charge in [0.2, 0.25) is 5.13 Å². The number of hydrogen-bond donors (Lipinski definition) is 1. The third-order valence-corrected chi connectivity index (χ3v) is 3.01. The van der Waals surface area contributed by atoms with Gasteiger partial charge in [-0.25, -0.2) is 0 Å². The van der Waals surface area contributed by atoms with Crippen molar-refractivity contribution in [2.45, 2.75) is 32.8 Å². The summed E-state index contributed by atoms with van der Waals surface area (Å²) < 4.78 is 6.25. The number of rotatable bonds is 7. The zero-order chi connectivity index (χ0) is 11.1. The van der Waals surface area contributed by atoms with Gasteiger partial charge in [0, 0.05) is 13.2 Å². The smallest absolute Gasteiger partial charge is 0.206 e. The zero-order valence-electron chi connectivity index (χ0n) is 8.99. The second-order valence-electron chi connectivity index (χ2n) is 3.41. The Kier molecular flexibility index (Phi) is 6.12. The van der Waals surface area contributed by atoms with E-state index in [0.29, 0.717) is 6.10 Å². The van der Waals surface area contributed by atoms with E-state index in [4.69, 9.17) is 4.74 Å². The molecule has 0 amide bonds. The fourth-order valence-corrected chi connectivity index (χ4v) is 2.05. The molecule has 0 aliphatic rings. The molecule has 0 bridgehead atoms. The molecular weight excluding hydrogens is 278 g/mol. The normalized spacial score (nSPS) is 10.9. The van der Waals surface area contributed by atoms with Crippen molar-refractivity contribution in [1.82, 2.24) is 10.2 Å². The van der Waals surface area contributed by atoms with Crippen LogP contribution in [0.5, 0.6) is 0 Å². The van der Waals surface area contributed by atoms with E-state index in [0.717, 1.165) is 35.0 Å². The lowest BCUT2D eigenvalue weighted by Crippen LogP contribution is -2.06. The molecule has 6 heteroatoms. The Labute approximate surface area is 103 Å². The zero-order valence-corrected chi connectivity index (χ0v) is 11.4. The number of nitrogens with zero attached hydrogens (tertiary/aromatic N) is 2. The van der Waals surface area contributed by atoms with Gasteiger partial charge in [0.15, 0.2) is 3.92 Å². The second-order valence-corrected chi connectivity index (χ2v) is 5.67. The maximum atomic E-state index is 5.44. The van der Waals surface area contributed by atoms with Crippen molar-refractivity contribution in [2.75, 3.05) is 18.5 Å². The van der Waals surface area contributed by atoms with E-state index in [1.165, 1.54) is 11.3 Å². The second kappa shape index (κ2) is 7.14. The molecule has 0 radical (unpaired) electrons. The maximum absolute atomic E-state index is 5.44. The summed E-state index contributed by atoms with van der Waals surface area (Å²) in [4.78, 5) is 0. The number of ether oxygens (including phenoxy) is 1. The van der Waals surface area contributed by atoms with Crippen LogP contribution in [0.4, 0.5) is 5.13 Å². The van der Waals surface area contributed by atoms with Crippen molar-refractivity contribution in [3.8, 4) is 0 Å². The first-order valence-electron chi connectivity index (χ1n) is 5.03. The molecule has 1 aromatic heterocycles. The Morgan fingerprint density at radius 1 is 1.40 bits per heavy atom. The summed E-state index contributed by atoms with van der Waals surface area (Å²) in [5, 5.41) is 11.9. The fourth-order valence-electron chi connectivity index (χ4n) is 1.02. The SMILES string of the molecule is CC(C)OCCCCNc1nnc(Br)s1. The van der Waals surface area contributed by atoms with Gasteiger partial charge in [0.25, 0.3) is 0 Å². The molecule has 86 valence electrons. The number of anilines is 1. The summed E-state index contributed by atoms with van der Waals surface area (Å²) in [5.74, 6) is 0.